The maximum atomic E-state index is 13.2. The van der Waals surface area contributed by atoms with Crippen LogP contribution in [0.4, 0.5) is 0 Å². The number of hydrogen-bond acceptors (Lipinski definition) is 7. The number of rotatable bonds is 8. The van der Waals surface area contributed by atoms with E-state index in [-0.39, 0.29) is 21.8 Å². The smallest absolute Gasteiger partial charge is 0.295 e. The highest BCUT2D eigenvalue weighted by atomic mass is 35.5. The number of hydrogen-bond donors (Lipinski definition) is 1. The van der Waals surface area contributed by atoms with Gasteiger partial charge in [0.25, 0.3) is 11.7 Å². The van der Waals surface area contributed by atoms with Crippen LogP contribution in [0.15, 0.2) is 59.0 Å². The van der Waals surface area contributed by atoms with Crippen LogP contribution in [0.2, 0.25) is 5.02 Å². The lowest BCUT2D eigenvalue weighted by Gasteiger charge is -2.29. The van der Waals surface area contributed by atoms with Crippen molar-refractivity contribution in [2.75, 3.05) is 53.5 Å². The van der Waals surface area contributed by atoms with Crippen molar-refractivity contribution in [1.29, 1.82) is 0 Å². The first-order valence-electron chi connectivity index (χ1n) is 12.0. The summed E-state index contributed by atoms with van der Waals surface area (Å²) in [7, 11) is -0.809. The molecule has 0 aliphatic carbocycles. The first-order chi connectivity index (χ1) is 17.6. The summed E-state index contributed by atoms with van der Waals surface area (Å²) in [5.41, 5.74) is 0.841. The highest BCUT2D eigenvalue weighted by Gasteiger charge is 2.45. The third-order valence-corrected chi connectivity index (χ3v) is 8.69. The van der Waals surface area contributed by atoms with Crippen molar-refractivity contribution in [3.8, 4) is 0 Å². The molecule has 4 rings (SSSR count). The molecule has 2 heterocycles. The van der Waals surface area contributed by atoms with Gasteiger partial charge in [-0.2, -0.15) is 0 Å². The van der Waals surface area contributed by atoms with Crippen LogP contribution in [0.25, 0.3) is 5.76 Å². The number of sulfonamides is 1. The molecule has 11 heteroatoms. The Kier molecular flexibility index (Phi) is 8.35. The van der Waals surface area contributed by atoms with Gasteiger partial charge in [-0.05, 0) is 48.4 Å². The number of morpholine rings is 1. The predicted molar refractivity (Wildman–Crippen MR) is 140 cm³/mol. The average Bonchev–Trinajstić information content (AvgIpc) is 3.14. The van der Waals surface area contributed by atoms with E-state index in [9.17, 15) is 23.1 Å². The van der Waals surface area contributed by atoms with E-state index < -0.39 is 27.8 Å². The number of halogens is 1. The van der Waals surface area contributed by atoms with Crippen LogP contribution >= 0.6 is 11.6 Å². The van der Waals surface area contributed by atoms with Crippen LogP contribution in [-0.2, 0) is 24.3 Å². The summed E-state index contributed by atoms with van der Waals surface area (Å²) >= 11 is 6.07. The van der Waals surface area contributed by atoms with Gasteiger partial charge in [0, 0.05) is 50.9 Å². The molecule has 0 saturated carbocycles. The lowest BCUT2D eigenvalue weighted by Crippen LogP contribution is -2.38. The van der Waals surface area contributed by atoms with E-state index in [2.05, 4.69) is 4.90 Å². The molecular formula is C26H30ClN3O6S. The van der Waals surface area contributed by atoms with E-state index in [4.69, 9.17) is 16.3 Å². The lowest BCUT2D eigenvalue weighted by atomic mass is 9.95. The van der Waals surface area contributed by atoms with E-state index in [0.717, 1.165) is 23.9 Å². The summed E-state index contributed by atoms with van der Waals surface area (Å²) < 4.78 is 31.3. The van der Waals surface area contributed by atoms with Crippen LogP contribution in [0.5, 0.6) is 0 Å². The Bertz CT molecular complexity index is 1290. The number of likely N-dealkylation sites (tertiary alicyclic amines) is 1. The quantitative estimate of drug-likeness (QED) is 0.307. The molecule has 2 aromatic rings. The van der Waals surface area contributed by atoms with Crippen molar-refractivity contribution in [3.63, 3.8) is 0 Å². The number of ether oxygens (including phenoxy) is 1. The van der Waals surface area contributed by atoms with E-state index in [1.54, 1.807) is 24.3 Å². The third-order valence-electron chi connectivity index (χ3n) is 6.61. The van der Waals surface area contributed by atoms with Gasteiger partial charge >= 0.3 is 0 Å². The normalized spacial score (nSPS) is 20.6. The molecule has 0 aromatic heterocycles. The molecular weight excluding hydrogens is 518 g/mol. The van der Waals surface area contributed by atoms with Gasteiger partial charge in [0.1, 0.15) is 5.76 Å². The third kappa shape index (κ3) is 5.73. The average molecular weight is 548 g/mol. The van der Waals surface area contributed by atoms with Crippen LogP contribution in [0, 0.1) is 0 Å². The van der Waals surface area contributed by atoms with Gasteiger partial charge in [-0.15, -0.1) is 0 Å². The van der Waals surface area contributed by atoms with Crippen molar-refractivity contribution < 1.29 is 27.9 Å². The number of benzene rings is 2. The standard InChI is InChI=1S/C26H30ClN3O6S/c1-28(2)37(34,35)21-10-6-19(7-11-21)24(31)22-23(18-4-8-20(27)9-5-18)30(26(33)25(22)32)13-3-12-29-14-16-36-17-15-29/h4-11,23,31H,3,12-17H2,1-2H3/t23-/m0/s1. The summed E-state index contributed by atoms with van der Waals surface area (Å²) in [4.78, 5) is 30.1. The SMILES string of the molecule is CN(C)S(=O)(=O)c1ccc(C(O)=C2C(=O)C(=O)N(CCCN3CCOCC3)[C@H]2c2ccc(Cl)cc2)cc1. The molecule has 0 spiro atoms. The fourth-order valence-corrected chi connectivity index (χ4v) is 5.57. The van der Waals surface area contributed by atoms with Crippen molar-refractivity contribution in [2.24, 2.45) is 0 Å². The highest BCUT2D eigenvalue weighted by molar-refractivity contribution is 7.89. The summed E-state index contributed by atoms with van der Waals surface area (Å²) in [5, 5.41) is 11.7. The van der Waals surface area contributed by atoms with Crippen molar-refractivity contribution in [3.05, 3.63) is 70.3 Å². The zero-order valence-electron chi connectivity index (χ0n) is 20.8. The van der Waals surface area contributed by atoms with Gasteiger partial charge in [0.2, 0.25) is 10.0 Å². The molecule has 9 nitrogen and oxygen atoms in total. The van der Waals surface area contributed by atoms with Crippen molar-refractivity contribution >= 4 is 39.1 Å². The van der Waals surface area contributed by atoms with Gasteiger partial charge in [-0.3, -0.25) is 14.5 Å². The minimum Gasteiger partial charge on any atom is -0.507 e. The number of Topliss-reactive ketones (excluding diaryl/α,β-unsaturated/α-hetero) is 1. The molecule has 2 aliphatic heterocycles. The molecule has 2 fully saturated rings. The first-order valence-corrected chi connectivity index (χ1v) is 13.8. The Balaban J connectivity index is 1.68. The maximum Gasteiger partial charge on any atom is 0.295 e. The number of carbonyl (C=O) groups is 2. The Morgan fingerprint density at radius 3 is 2.24 bits per heavy atom. The van der Waals surface area contributed by atoms with Crippen LogP contribution in [-0.4, -0.2) is 92.8 Å². The van der Waals surface area contributed by atoms with Crippen molar-refractivity contribution in [1.82, 2.24) is 14.1 Å². The predicted octanol–water partition coefficient (Wildman–Crippen LogP) is 2.73. The fraction of sp³-hybridized carbons (Fsp3) is 0.385. The molecule has 2 aliphatic rings. The summed E-state index contributed by atoms with van der Waals surface area (Å²) in [6, 6.07) is 11.6. The molecule has 1 atom stereocenters. The maximum absolute atomic E-state index is 13.2. The zero-order chi connectivity index (χ0) is 26.7. The van der Waals surface area contributed by atoms with Crippen LogP contribution in [0.3, 0.4) is 0 Å². The first kappa shape index (κ1) is 27.3. The largest absolute Gasteiger partial charge is 0.507 e. The van der Waals surface area contributed by atoms with E-state index >= 15 is 0 Å². The summed E-state index contributed by atoms with van der Waals surface area (Å²) in [5.74, 6) is -1.83. The molecule has 2 saturated heterocycles. The number of aliphatic hydroxyl groups excluding tert-OH is 1. The topological polar surface area (TPSA) is 107 Å². The second kappa shape index (κ2) is 11.3. The van der Waals surface area contributed by atoms with Crippen molar-refractivity contribution in [2.45, 2.75) is 17.4 Å². The van der Waals surface area contributed by atoms with Gasteiger partial charge in [-0.25, -0.2) is 12.7 Å². The molecule has 1 N–H and O–H groups in total. The Labute approximate surface area is 221 Å². The molecule has 0 unspecified atom stereocenters. The number of aliphatic hydroxyl groups is 1. The van der Waals surface area contributed by atoms with Gasteiger partial charge in [0.15, 0.2) is 0 Å². The number of amides is 1. The molecule has 1 amide bonds. The molecule has 0 bridgehead atoms. The Morgan fingerprint density at radius 1 is 1.03 bits per heavy atom. The van der Waals surface area contributed by atoms with E-state index in [1.165, 1.54) is 43.3 Å². The second-order valence-electron chi connectivity index (χ2n) is 9.16. The number of nitrogens with zero attached hydrogens (tertiary/aromatic N) is 3. The number of carbonyl (C=O) groups excluding carboxylic acids is 2. The van der Waals surface area contributed by atoms with Crippen LogP contribution in [0.1, 0.15) is 23.6 Å². The second-order valence-corrected chi connectivity index (χ2v) is 11.8. The van der Waals surface area contributed by atoms with E-state index in [0.29, 0.717) is 36.8 Å². The minimum atomic E-state index is -3.66. The molecule has 198 valence electrons. The van der Waals surface area contributed by atoms with Gasteiger partial charge in [0.05, 0.1) is 29.7 Å². The molecule has 2 aromatic carbocycles. The minimum absolute atomic E-state index is 0.0399. The lowest BCUT2D eigenvalue weighted by molar-refractivity contribution is -0.140. The summed E-state index contributed by atoms with van der Waals surface area (Å²) in [6.45, 7) is 4.05. The van der Waals surface area contributed by atoms with Gasteiger partial charge in [-0.1, -0.05) is 23.7 Å². The fourth-order valence-electron chi connectivity index (χ4n) is 4.54. The highest BCUT2D eigenvalue weighted by Crippen LogP contribution is 2.40. The molecule has 0 radical (unpaired) electrons. The van der Waals surface area contributed by atoms with Gasteiger partial charge < -0.3 is 14.7 Å². The molecule has 37 heavy (non-hydrogen) atoms. The number of ketones is 1. The zero-order valence-corrected chi connectivity index (χ0v) is 22.3. The Morgan fingerprint density at radius 2 is 1.65 bits per heavy atom. The van der Waals surface area contributed by atoms with E-state index in [1.807, 2.05) is 0 Å². The monoisotopic (exact) mass is 547 g/mol. The summed E-state index contributed by atoms with van der Waals surface area (Å²) in [6.07, 6.45) is 0.647. The van der Waals surface area contributed by atoms with Crippen LogP contribution < -0.4 is 0 Å². The Hall–Kier alpha value is -2.76.